The number of fused-ring (bicyclic) bond motifs is 3. The van der Waals surface area contributed by atoms with E-state index in [1.165, 1.54) is 11.1 Å². The van der Waals surface area contributed by atoms with E-state index in [0.29, 0.717) is 13.2 Å². The first-order chi connectivity index (χ1) is 13.0. The fraction of sp³-hybridized carbons (Fsp3) is 0.409. The summed E-state index contributed by atoms with van der Waals surface area (Å²) < 4.78 is 44.9. The Bertz CT molecular complexity index is 1010. The highest BCUT2D eigenvalue weighted by atomic mass is 19.4. The summed E-state index contributed by atoms with van der Waals surface area (Å²) in [5, 5.41) is 10.3. The number of nitriles is 1. The number of hydrogen-bond donors (Lipinski definition) is 0. The zero-order valence-electron chi connectivity index (χ0n) is 14.3. The molecule has 2 aromatic carbocycles. The van der Waals surface area contributed by atoms with E-state index in [1.54, 1.807) is 12.1 Å². The Balaban J connectivity index is 1.52. The molecule has 5 heteroatoms. The first-order valence-corrected chi connectivity index (χ1v) is 9.22. The second-order valence-corrected chi connectivity index (χ2v) is 8.34. The molecule has 0 radical (unpaired) electrons. The average Bonchev–Trinajstić information content (AvgIpc) is 3.07. The van der Waals surface area contributed by atoms with Crippen LogP contribution in [0, 0.1) is 28.1 Å². The van der Waals surface area contributed by atoms with Crippen molar-refractivity contribution >= 4 is 0 Å². The standard InChI is InChI=1S/C22H16F3NO/c23-22(24,25)13-7-5-12(6-8-13)17-16-9-27-11-21-18(16)14-3-1-2-4-15(14)19(21)20(17,21)10-26/h1-8,16-19H,9,11H2/t16-,17-,18?,19?,20?,21?/m0/s1. The molecule has 1 heterocycles. The van der Waals surface area contributed by atoms with Gasteiger partial charge in [0.2, 0.25) is 0 Å². The number of alkyl halides is 3. The Hall–Kier alpha value is -2.32. The highest BCUT2D eigenvalue weighted by molar-refractivity contribution is 5.64. The molecule has 136 valence electrons. The summed E-state index contributed by atoms with van der Waals surface area (Å²) in [6, 6.07) is 16.4. The highest BCUT2D eigenvalue weighted by Gasteiger charge is 2.92. The van der Waals surface area contributed by atoms with Crippen LogP contribution in [-0.4, -0.2) is 13.2 Å². The van der Waals surface area contributed by atoms with Gasteiger partial charge in [0, 0.05) is 17.3 Å². The molecule has 1 spiro atoms. The lowest BCUT2D eigenvalue weighted by atomic mass is 9.75. The van der Waals surface area contributed by atoms with Crippen LogP contribution in [0.3, 0.4) is 0 Å². The third-order valence-electron chi connectivity index (χ3n) is 7.63. The molecule has 4 aliphatic rings. The number of nitrogens with zero attached hydrogens (tertiary/aromatic N) is 1. The Kier molecular flexibility index (Phi) is 2.65. The zero-order valence-corrected chi connectivity index (χ0v) is 14.3. The molecule has 3 fully saturated rings. The van der Waals surface area contributed by atoms with Crippen LogP contribution < -0.4 is 0 Å². The predicted octanol–water partition coefficient (Wildman–Crippen LogP) is 4.84. The van der Waals surface area contributed by atoms with Crippen LogP contribution in [0.4, 0.5) is 13.2 Å². The predicted molar refractivity (Wildman–Crippen MR) is 90.9 cm³/mol. The molecule has 6 atom stereocenters. The van der Waals surface area contributed by atoms with Crippen molar-refractivity contribution in [3.05, 3.63) is 70.8 Å². The Morgan fingerprint density at radius 2 is 1.70 bits per heavy atom. The first kappa shape index (κ1) is 15.7. The molecule has 0 N–H and O–H groups in total. The summed E-state index contributed by atoms with van der Waals surface area (Å²) in [7, 11) is 0. The van der Waals surface area contributed by atoms with E-state index in [9.17, 15) is 18.4 Å². The molecule has 2 aromatic rings. The minimum atomic E-state index is -4.35. The van der Waals surface area contributed by atoms with Crippen LogP contribution in [0.5, 0.6) is 0 Å². The van der Waals surface area contributed by atoms with Gasteiger partial charge >= 0.3 is 6.18 Å². The Morgan fingerprint density at radius 3 is 2.37 bits per heavy atom. The normalized spacial score (nSPS) is 40.2. The third-order valence-corrected chi connectivity index (χ3v) is 7.63. The Morgan fingerprint density at radius 1 is 1.00 bits per heavy atom. The van der Waals surface area contributed by atoms with Gasteiger partial charge < -0.3 is 4.74 Å². The van der Waals surface area contributed by atoms with Crippen molar-refractivity contribution < 1.29 is 17.9 Å². The lowest BCUT2D eigenvalue weighted by molar-refractivity contribution is -0.137. The van der Waals surface area contributed by atoms with Gasteiger partial charge in [-0.05, 0) is 40.7 Å². The molecule has 2 bridgehead atoms. The molecule has 6 rings (SSSR count). The maximum atomic E-state index is 13.0. The number of ether oxygens (including phenoxy) is 1. The molecule has 2 nitrogen and oxygen atoms in total. The van der Waals surface area contributed by atoms with E-state index in [4.69, 9.17) is 4.74 Å². The van der Waals surface area contributed by atoms with Gasteiger partial charge in [-0.15, -0.1) is 0 Å². The van der Waals surface area contributed by atoms with Gasteiger partial charge in [-0.3, -0.25) is 0 Å². The smallest absolute Gasteiger partial charge is 0.380 e. The van der Waals surface area contributed by atoms with Crippen molar-refractivity contribution in [3.8, 4) is 6.07 Å². The number of rotatable bonds is 1. The first-order valence-electron chi connectivity index (χ1n) is 9.22. The minimum Gasteiger partial charge on any atom is -0.380 e. The van der Waals surface area contributed by atoms with Crippen LogP contribution >= 0.6 is 0 Å². The summed E-state index contributed by atoms with van der Waals surface area (Å²) >= 11 is 0. The monoisotopic (exact) mass is 367 g/mol. The van der Waals surface area contributed by atoms with Gasteiger partial charge in [0.05, 0.1) is 30.3 Å². The summed E-state index contributed by atoms with van der Waals surface area (Å²) in [6.45, 7) is 1.13. The summed E-state index contributed by atoms with van der Waals surface area (Å²) in [6.07, 6.45) is -4.35. The van der Waals surface area contributed by atoms with Crippen molar-refractivity contribution in [2.45, 2.75) is 23.9 Å². The summed E-state index contributed by atoms with van der Waals surface area (Å²) in [5.41, 5.74) is 1.98. The van der Waals surface area contributed by atoms with Gasteiger partial charge in [0.25, 0.3) is 0 Å². The molecule has 3 aliphatic carbocycles. The zero-order chi connectivity index (χ0) is 18.6. The highest BCUT2D eigenvalue weighted by Crippen LogP contribution is 2.94. The lowest BCUT2D eigenvalue weighted by Gasteiger charge is -2.33. The molecule has 1 aliphatic heterocycles. The van der Waals surface area contributed by atoms with Crippen molar-refractivity contribution in [1.29, 1.82) is 5.26 Å². The second-order valence-electron chi connectivity index (χ2n) is 8.34. The molecule has 27 heavy (non-hydrogen) atoms. The van der Waals surface area contributed by atoms with E-state index < -0.39 is 17.2 Å². The number of benzene rings is 2. The van der Waals surface area contributed by atoms with Crippen LogP contribution in [0.15, 0.2) is 48.5 Å². The fourth-order valence-corrected chi connectivity index (χ4v) is 6.96. The quantitative estimate of drug-likeness (QED) is 0.723. The number of halogens is 3. The van der Waals surface area contributed by atoms with Gasteiger partial charge in [-0.25, -0.2) is 0 Å². The van der Waals surface area contributed by atoms with Crippen molar-refractivity contribution in [2.24, 2.45) is 16.7 Å². The molecule has 2 saturated carbocycles. The van der Waals surface area contributed by atoms with E-state index in [1.807, 2.05) is 12.1 Å². The molecule has 1 saturated heterocycles. The molecular weight excluding hydrogens is 351 g/mol. The molecule has 4 unspecified atom stereocenters. The fourth-order valence-electron chi connectivity index (χ4n) is 6.96. The Labute approximate surface area is 154 Å². The second kappa shape index (κ2) is 4.56. The molecule has 0 aromatic heterocycles. The molecular formula is C22H16F3NO. The average molecular weight is 367 g/mol. The lowest BCUT2D eigenvalue weighted by Crippen LogP contribution is -2.31. The van der Waals surface area contributed by atoms with E-state index >= 15 is 0 Å². The van der Waals surface area contributed by atoms with E-state index in [-0.39, 0.29) is 29.1 Å². The SMILES string of the molecule is N#CC12C3c4ccccc4C4[C@@H](COCC431)[C@@H]2c1ccc(C(F)(F)F)cc1. The van der Waals surface area contributed by atoms with E-state index in [2.05, 4.69) is 18.2 Å². The van der Waals surface area contributed by atoms with Crippen LogP contribution in [-0.2, 0) is 10.9 Å². The maximum Gasteiger partial charge on any atom is 0.416 e. The van der Waals surface area contributed by atoms with Crippen molar-refractivity contribution in [3.63, 3.8) is 0 Å². The minimum absolute atomic E-state index is 0.0883. The van der Waals surface area contributed by atoms with Gasteiger partial charge in [0.1, 0.15) is 0 Å². The topological polar surface area (TPSA) is 33.0 Å². The molecule has 0 amide bonds. The van der Waals surface area contributed by atoms with Crippen LogP contribution in [0.25, 0.3) is 0 Å². The summed E-state index contributed by atoms with van der Waals surface area (Å²) in [5.74, 6) is 0.434. The number of hydrogen-bond acceptors (Lipinski definition) is 2. The summed E-state index contributed by atoms with van der Waals surface area (Å²) in [4.78, 5) is 0. The van der Waals surface area contributed by atoms with E-state index in [0.717, 1.165) is 17.7 Å². The van der Waals surface area contributed by atoms with Gasteiger partial charge in [0.15, 0.2) is 0 Å². The third kappa shape index (κ3) is 1.52. The van der Waals surface area contributed by atoms with Gasteiger partial charge in [-0.2, -0.15) is 18.4 Å². The van der Waals surface area contributed by atoms with Gasteiger partial charge in [-0.1, -0.05) is 36.4 Å². The van der Waals surface area contributed by atoms with Crippen LogP contribution in [0.1, 0.15) is 40.0 Å². The van der Waals surface area contributed by atoms with Crippen molar-refractivity contribution in [2.75, 3.05) is 13.2 Å². The van der Waals surface area contributed by atoms with Crippen molar-refractivity contribution in [1.82, 2.24) is 0 Å². The largest absolute Gasteiger partial charge is 0.416 e. The maximum absolute atomic E-state index is 13.0. The van der Waals surface area contributed by atoms with Crippen LogP contribution in [0.2, 0.25) is 0 Å².